The summed E-state index contributed by atoms with van der Waals surface area (Å²) in [5.41, 5.74) is 0. The first-order valence-electron chi connectivity index (χ1n) is 11.3. The van der Waals surface area contributed by atoms with Gasteiger partial charge in [-0.2, -0.15) is 0 Å². The van der Waals surface area contributed by atoms with Crippen molar-refractivity contribution in [2.24, 2.45) is 0 Å². The van der Waals surface area contributed by atoms with Gasteiger partial charge in [0, 0.05) is 13.1 Å². The van der Waals surface area contributed by atoms with Crippen LogP contribution in [0.4, 0.5) is 0 Å². The Hall–Kier alpha value is -2.47. The van der Waals surface area contributed by atoms with Crippen LogP contribution in [0.5, 0.6) is 0 Å². The van der Waals surface area contributed by atoms with Gasteiger partial charge in [-0.1, -0.05) is 92.7 Å². The van der Waals surface area contributed by atoms with Crippen LogP contribution in [0.3, 0.4) is 0 Å². The number of amides is 1. The van der Waals surface area contributed by atoms with E-state index in [2.05, 4.69) is 50.3 Å². The largest absolute Gasteiger partial charge is 0.424 e. The molecule has 0 aromatic heterocycles. The van der Waals surface area contributed by atoms with Crippen LogP contribution in [0.25, 0.3) is 0 Å². The molecule has 32 heavy (non-hydrogen) atoms. The number of rotatable bonds is 12. The van der Waals surface area contributed by atoms with Crippen LogP contribution in [0.15, 0.2) is 85.0 Å². The molecule has 1 amide bonds. The SMILES string of the molecule is CON(C)C(=O)/C=C/CC/C=C/CCCC(C)(C)[Si](O)(c1ccccc1)c1ccccc1. The lowest BCUT2D eigenvalue weighted by atomic mass is 10.0. The fourth-order valence-corrected chi connectivity index (χ4v) is 7.74. The molecule has 2 aromatic carbocycles. The highest BCUT2D eigenvalue weighted by atomic mass is 28.4. The summed E-state index contributed by atoms with van der Waals surface area (Å²) in [5.74, 6) is -0.160. The van der Waals surface area contributed by atoms with Gasteiger partial charge in [0.2, 0.25) is 0 Å². The Kier molecular flexibility index (Phi) is 10.1. The summed E-state index contributed by atoms with van der Waals surface area (Å²) < 4.78 is 0. The molecule has 0 heterocycles. The van der Waals surface area contributed by atoms with E-state index in [1.165, 1.54) is 12.2 Å². The molecule has 5 heteroatoms. The highest BCUT2D eigenvalue weighted by Gasteiger charge is 2.49. The predicted molar refractivity (Wildman–Crippen MR) is 135 cm³/mol. The van der Waals surface area contributed by atoms with Crippen molar-refractivity contribution in [1.82, 2.24) is 5.06 Å². The Labute approximate surface area is 194 Å². The second-order valence-corrected chi connectivity index (χ2v) is 12.6. The first-order chi connectivity index (χ1) is 15.3. The molecule has 0 spiro atoms. The van der Waals surface area contributed by atoms with E-state index in [1.54, 1.807) is 13.1 Å². The van der Waals surface area contributed by atoms with Gasteiger partial charge < -0.3 is 4.80 Å². The quantitative estimate of drug-likeness (QED) is 0.169. The number of carbonyl (C=O) groups excluding carboxylic acids is 1. The van der Waals surface area contributed by atoms with Gasteiger partial charge in [0.1, 0.15) is 0 Å². The summed E-state index contributed by atoms with van der Waals surface area (Å²) in [7, 11) is 0.144. The first kappa shape index (κ1) is 25.8. The van der Waals surface area contributed by atoms with E-state index in [0.29, 0.717) is 0 Å². The highest BCUT2D eigenvalue weighted by molar-refractivity contribution is 6.98. The maximum atomic E-state index is 12.2. The highest BCUT2D eigenvalue weighted by Crippen LogP contribution is 2.40. The summed E-state index contributed by atoms with van der Waals surface area (Å²) in [6, 6.07) is 20.4. The number of unbranched alkanes of at least 4 members (excludes halogenated alkanes) is 2. The topological polar surface area (TPSA) is 49.8 Å². The summed E-state index contributed by atoms with van der Waals surface area (Å²) in [4.78, 5) is 28.6. The number of likely N-dealkylation sites (N-methyl/N-ethyl adjacent to an activating group) is 1. The average molecular weight is 452 g/mol. The third-order valence-corrected chi connectivity index (χ3v) is 10.6. The number of carbonyl (C=O) groups is 1. The molecule has 0 bridgehead atoms. The second-order valence-electron chi connectivity index (χ2n) is 8.69. The van der Waals surface area contributed by atoms with E-state index in [9.17, 15) is 9.59 Å². The van der Waals surface area contributed by atoms with Crippen molar-refractivity contribution in [3.05, 3.63) is 85.0 Å². The van der Waals surface area contributed by atoms with Gasteiger partial charge in [-0.15, -0.1) is 0 Å². The molecule has 2 rings (SSSR count). The molecule has 172 valence electrons. The minimum Gasteiger partial charge on any atom is -0.424 e. The van der Waals surface area contributed by atoms with E-state index >= 15 is 0 Å². The first-order valence-corrected chi connectivity index (χ1v) is 13.2. The minimum absolute atomic E-state index is 0.160. The number of allylic oxidation sites excluding steroid dienone is 3. The third kappa shape index (κ3) is 6.76. The van der Waals surface area contributed by atoms with Crippen LogP contribution in [0.1, 0.15) is 46.0 Å². The molecule has 1 N–H and O–H groups in total. The minimum atomic E-state index is -2.92. The molecule has 0 fully saturated rings. The maximum absolute atomic E-state index is 12.2. The molecule has 0 aliphatic rings. The normalized spacial score (nSPS) is 12.5. The number of benzene rings is 2. The van der Waals surface area contributed by atoms with Gasteiger partial charge in [-0.3, -0.25) is 9.63 Å². The zero-order chi connectivity index (χ0) is 23.5. The van der Waals surface area contributed by atoms with Crippen molar-refractivity contribution >= 4 is 24.6 Å². The van der Waals surface area contributed by atoms with Crippen molar-refractivity contribution in [2.45, 2.75) is 51.0 Å². The molecular weight excluding hydrogens is 414 g/mol. The maximum Gasteiger partial charge on any atom is 0.269 e. The Morgan fingerprint density at radius 1 is 0.938 bits per heavy atom. The lowest BCUT2D eigenvalue weighted by Crippen LogP contribution is -2.65. The van der Waals surface area contributed by atoms with Crippen LogP contribution in [-0.4, -0.2) is 38.2 Å². The smallest absolute Gasteiger partial charge is 0.269 e. The van der Waals surface area contributed by atoms with Crippen molar-refractivity contribution in [1.29, 1.82) is 0 Å². The molecule has 0 aliphatic carbocycles. The van der Waals surface area contributed by atoms with Gasteiger partial charge in [-0.05, 0) is 47.5 Å². The summed E-state index contributed by atoms with van der Waals surface area (Å²) in [6.45, 7) is 4.42. The molecular formula is C27H37NO3Si. The Morgan fingerprint density at radius 3 is 1.97 bits per heavy atom. The van der Waals surface area contributed by atoms with Crippen LogP contribution < -0.4 is 10.4 Å². The Morgan fingerprint density at radius 2 is 1.44 bits per heavy atom. The number of hydroxylamine groups is 2. The fraction of sp³-hybridized carbons (Fsp3) is 0.370. The molecule has 2 aromatic rings. The molecule has 4 nitrogen and oxygen atoms in total. The van der Waals surface area contributed by atoms with E-state index in [0.717, 1.165) is 42.5 Å². The van der Waals surface area contributed by atoms with E-state index in [1.807, 2.05) is 42.5 Å². The van der Waals surface area contributed by atoms with E-state index in [4.69, 9.17) is 4.84 Å². The molecule has 0 saturated heterocycles. The number of hydrogen-bond donors (Lipinski definition) is 1. The van der Waals surface area contributed by atoms with Crippen molar-refractivity contribution < 1.29 is 14.4 Å². The van der Waals surface area contributed by atoms with Crippen LogP contribution >= 0.6 is 0 Å². The van der Waals surface area contributed by atoms with E-state index < -0.39 is 8.32 Å². The van der Waals surface area contributed by atoms with Gasteiger partial charge in [0.05, 0.1) is 7.11 Å². The molecule has 0 unspecified atom stereocenters. The van der Waals surface area contributed by atoms with Crippen LogP contribution in [0.2, 0.25) is 5.04 Å². The summed E-state index contributed by atoms with van der Waals surface area (Å²) in [5, 5.41) is 3.11. The lowest BCUT2D eigenvalue weighted by Gasteiger charge is -2.41. The Bertz CT molecular complexity index is 839. The predicted octanol–water partition coefficient (Wildman–Crippen LogP) is 4.60. The molecule has 0 radical (unpaired) electrons. The van der Waals surface area contributed by atoms with Gasteiger partial charge in [0.15, 0.2) is 0 Å². The zero-order valence-electron chi connectivity index (χ0n) is 19.8. The van der Waals surface area contributed by atoms with Crippen molar-refractivity contribution in [3.63, 3.8) is 0 Å². The fourth-order valence-electron chi connectivity index (χ4n) is 3.96. The van der Waals surface area contributed by atoms with Crippen LogP contribution in [0, 0.1) is 0 Å². The van der Waals surface area contributed by atoms with Gasteiger partial charge in [0.25, 0.3) is 14.2 Å². The average Bonchev–Trinajstić information content (AvgIpc) is 2.82. The van der Waals surface area contributed by atoms with Crippen LogP contribution in [-0.2, 0) is 9.63 Å². The van der Waals surface area contributed by atoms with Gasteiger partial charge in [-0.25, -0.2) is 5.06 Å². The summed E-state index contributed by atoms with van der Waals surface area (Å²) in [6.07, 6.45) is 12.4. The third-order valence-electron chi connectivity index (χ3n) is 6.05. The van der Waals surface area contributed by atoms with E-state index in [-0.39, 0.29) is 10.9 Å². The molecule has 0 aliphatic heterocycles. The zero-order valence-corrected chi connectivity index (χ0v) is 20.8. The number of hydrogen-bond acceptors (Lipinski definition) is 3. The molecule has 0 saturated carbocycles. The standard InChI is InChI=1S/C27H37NO3Si/c1-27(2,23-17-9-7-5-6-8-16-22-26(29)28(3)31-4)32(30,24-18-12-10-13-19-24)25-20-14-11-15-21-25/h5,7,10-16,18-22,30H,6,8-9,17,23H2,1-4H3/b7-5+,22-16+. The lowest BCUT2D eigenvalue weighted by molar-refractivity contribution is -0.162. The molecule has 0 atom stereocenters. The van der Waals surface area contributed by atoms with Gasteiger partial charge >= 0.3 is 0 Å². The second kappa shape index (κ2) is 12.5. The number of nitrogens with zero attached hydrogens (tertiary/aromatic N) is 1. The Balaban J connectivity index is 1.93. The van der Waals surface area contributed by atoms with Crippen molar-refractivity contribution in [2.75, 3.05) is 14.2 Å². The van der Waals surface area contributed by atoms with Crippen molar-refractivity contribution in [3.8, 4) is 0 Å². The summed E-state index contributed by atoms with van der Waals surface area (Å²) >= 11 is 0. The monoisotopic (exact) mass is 451 g/mol.